The predicted octanol–water partition coefficient (Wildman–Crippen LogP) is 2.63. The molecule has 6 heteroatoms. The number of hydrogen-bond donors (Lipinski definition) is 0. The summed E-state index contributed by atoms with van der Waals surface area (Å²) >= 11 is 1.29. The van der Waals surface area contributed by atoms with Crippen molar-refractivity contribution in [2.75, 3.05) is 19.8 Å². The summed E-state index contributed by atoms with van der Waals surface area (Å²) in [7, 11) is 3.43. The molecule has 3 aromatic rings. The van der Waals surface area contributed by atoms with Crippen molar-refractivity contribution in [1.29, 1.82) is 0 Å². The van der Waals surface area contributed by atoms with Crippen LogP contribution in [0.25, 0.3) is 10.9 Å². The van der Waals surface area contributed by atoms with Gasteiger partial charge in [-0.05, 0) is 17.7 Å². The Hall–Kier alpha value is -2.60. The van der Waals surface area contributed by atoms with E-state index < -0.39 is 0 Å². The van der Waals surface area contributed by atoms with Crippen LogP contribution in [0.4, 0.5) is 0 Å². The molecule has 25 heavy (non-hydrogen) atoms. The lowest BCUT2D eigenvalue weighted by Crippen LogP contribution is -2.26. The van der Waals surface area contributed by atoms with Crippen molar-refractivity contribution >= 4 is 28.6 Å². The zero-order valence-corrected chi connectivity index (χ0v) is 15.0. The van der Waals surface area contributed by atoms with Crippen LogP contribution in [0.1, 0.15) is 5.56 Å². The van der Waals surface area contributed by atoms with Crippen LogP contribution in [0.5, 0.6) is 0 Å². The molecule has 0 saturated heterocycles. The number of benzene rings is 2. The first-order valence-electron chi connectivity index (χ1n) is 7.92. The molecule has 1 heterocycles. The fraction of sp³-hybridized carbons (Fsp3) is 0.211. The Labute approximate surface area is 150 Å². The van der Waals surface area contributed by atoms with Crippen molar-refractivity contribution < 1.29 is 4.79 Å². The minimum Gasteiger partial charge on any atom is -0.348 e. The molecule has 0 saturated carbocycles. The van der Waals surface area contributed by atoms with E-state index in [1.165, 1.54) is 16.7 Å². The molecular formula is C19H19N3O2S. The quantitative estimate of drug-likeness (QED) is 0.523. The maximum Gasteiger partial charge on any atom is 0.262 e. The van der Waals surface area contributed by atoms with Crippen LogP contribution < -0.4 is 5.56 Å². The van der Waals surface area contributed by atoms with Gasteiger partial charge in [0.15, 0.2) is 5.16 Å². The molecule has 0 atom stereocenters. The summed E-state index contributed by atoms with van der Waals surface area (Å²) in [5.74, 6) is 0.228. The van der Waals surface area contributed by atoms with Gasteiger partial charge in [-0.1, -0.05) is 54.2 Å². The monoisotopic (exact) mass is 353 g/mol. The first-order valence-corrected chi connectivity index (χ1v) is 8.91. The van der Waals surface area contributed by atoms with Crippen molar-refractivity contribution in [2.45, 2.75) is 11.7 Å². The highest BCUT2D eigenvalue weighted by molar-refractivity contribution is 7.99. The van der Waals surface area contributed by atoms with E-state index in [1.54, 1.807) is 24.7 Å². The van der Waals surface area contributed by atoms with E-state index in [1.807, 2.05) is 48.5 Å². The van der Waals surface area contributed by atoms with Gasteiger partial charge in [0.2, 0.25) is 5.91 Å². The minimum absolute atomic E-state index is 0.0151. The molecule has 0 bridgehead atoms. The van der Waals surface area contributed by atoms with Crippen LogP contribution in [0, 0.1) is 0 Å². The molecule has 0 aliphatic heterocycles. The highest BCUT2D eigenvalue weighted by Gasteiger charge is 2.14. The molecule has 1 aromatic heterocycles. The lowest BCUT2D eigenvalue weighted by Gasteiger charge is -2.14. The van der Waals surface area contributed by atoms with E-state index in [-0.39, 0.29) is 17.2 Å². The number of rotatable bonds is 5. The van der Waals surface area contributed by atoms with Gasteiger partial charge in [0.25, 0.3) is 5.56 Å². The highest BCUT2D eigenvalue weighted by Crippen LogP contribution is 2.19. The second-order valence-corrected chi connectivity index (χ2v) is 6.81. The molecule has 0 aliphatic carbocycles. The van der Waals surface area contributed by atoms with Gasteiger partial charge in [0, 0.05) is 14.1 Å². The van der Waals surface area contributed by atoms with E-state index in [0.29, 0.717) is 22.6 Å². The number of fused-ring (bicyclic) bond motifs is 1. The van der Waals surface area contributed by atoms with Gasteiger partial charge in [-0.25, -0.2) is 4.98 Å². The zero-order valence-electron chi connectivity index (χ0n) is 14.2. The van der Waals surface area contributed by atoms with Crippen LogP contribution in [0.2, 0.25) is 0 Å². The number of amides is 1. The van der Waals surface area contributed by atoms with Crippen LogP contribution in [-0.2, 0) is 11.3 Å². The van der Waals surface area contributed by atoms with Gasteiger partial charge in [-0.2, -0.15) is 0 Å². The normalized spacial score (nSPS) is 10.8. The molecule has 0 unspecified atom stereocenters. The molecule has 0 aliphatic rings. The van der Waals surface area contributed by atoms with Gasteiger partial charge in [0.1, 0.15) is 0 Å². The molecular weight excluding hydrogens is 334 g/mol. The van der Waals surface area contributed by atoms with Crippen molar-refractivity contribution in [3.05, 3.63) is 70.5 Å². The van der Waals surface area contributed by atoms with Gasteiger partial charge < -0.3 is 4.90 Å². The number of carbonyl (C=O) groups excluding carboxylic acids is 1. The number of thioether (sulfide) groups is 1. The number of carbonyl (C=O) groups is 1. The highest BCUT2D eigenvalue weighted by atomic mass is 32.2. The summed E-state index contributed by atoms with van der Waals surface area (Å²) in [6.45, 7) is 0.427. The van der Waals surface area contributed by atoms with Crippen LogP contribution in [0.15, 0.2) is 64.5 Å². The van der Waals surface area contributed by atoms with E-state index in [2.05, 4.69) is 4.98 Å². The van der Waals surface area contributed by atoms with Crippen LogP contribution in [-0.4, -0.2) is 40.2 Å². The van der Waals surface area contributed by atoms with Crippen molar-refractivity contribution in [1.82, 2.24) is 14.5 Å². The van der Waals surface area contributed by atoms with E-state index in [9.17, 15) is 9.59 Å². The van der Waals surface area contributed by atoms with E-state index in [0.717, 1.165) is 5.56 Å². The summed E-state index contributed by atoms with van der Waals surface area (Å²) in [4.78, 5) is 31.0. The fourth-order valence-electron chi connectivity index (χ4n) is 2.42. The first-order chi connectivity index (χ1) is 12.1. The van der Waals surface area contributed by atoms with Gasteiger partial charge in [-0.15, -0.1) is 0 Å². The number of hydrogen-bond acceptors (Lipinski definition) is 4. The van der Waals surface area contributed by atoms with Crippen molar-refractivity contribution in [3.8, 4) is 0 Å². The molecule has 5 nitrogen and oxygen atoms in total. The SMILES string of the molecule is CN(C)C(=O)CSc1nc2ccccc2c(=O)n1Cc1ccccc1. The summed E-state index contributed by atoms with van der Waals surface area (Å²) in [5.41, 5.74) is 1.58. The van der Waals surface area contributed by atoms with E-state index in [4.69, 9.17) is 0 Å². The smallest absolute Gasteiger partial charge is 0.262 e. The van der Waals surface area contributed by atoms with Crippen molar-refractivity contribution in [3.63, 3.8) is 0 Å². The van der Waals surface area contributed by atoms with Crippen molar-refractivity contribution in [2.24, 2.45) is 0 Å². The lowest BCUT2D eigenvalue weighted by molar-refractivity contribution is -0.125. The number of nitrogens with zero attached hydrogens (tertiary/aromatic N) is 3. The summed E-state index contributed by atoms with van der Waals surface area (Å²) in [6.07, 6.45) is 0. The zero-order chi connectivity index (χ0) is 17.8. The molecule has 2 aromatic carbocycles. The minimum atomic E-state index is -0.0887. The molecule has 128 valence electrons. The predicted molar refractivity (Wildman–Crippen MR) is 101 cm³/mol. The maximum atomic E-state index is 12.9. The summed E-state index contributed by atoms with van der Waals surface area (Å²) in [6, 6.07) is 17.1. The maximum absolute atomic E-state index is 12.9. The Morgan fingerprint density at radius 3 is 2.48 bits per heavy atom. The third kappa shape index (κ3) is 3.91. The largest absolute Gasteiger partial charge is 0.348 e. The average molecular weight is 353 g/mol. The molecule has 0 spiro atoms. The lowest BCUT2D eigenvalue weighted by atomic mass is 10.2. The standard InChI is InChI=1S/C19H19N3O2S/c1-21(2)17(23)13-25-19-20-16-11-7-6-10-15(16)18(24)22(19)12-14-8-4-3-5-9-14/h3-11H,12-13H2,1-2H3. The second-order valence-electron chi connectivity index (χ2n) is 5.87. The van der Waals surface area contributed by atoms with Crippen LogP contribution >= 0.6 is 11.8 Å². The molecule has 0 radical (unpaired) electrons. The topological polar surface area (TPSA) is 55.2 Å². The van der Waals surface area contributed by atoms with Gasteiger partial charge >= 0.3 is 0 Å². The molecule has 1 amide bonds. The Morgan fingerprint density at radius 2 is 1.76 bits per heavy atom. The molecule has 3 rings (SSSR count). The average Bonchev–Trinajstić information content (AvgIpc) is 2.63. The fourth-order valence-corrected chi connectivity index (χ4v) is 3.40. The number of aromatic nitrogens is 2. The van der Waals surface area contributed by atoms with Crippen LogP contribution in [0.3, 0.4) is 0 Å². The number of para-hydroxylation sites is 1. The second kappa shape index (κ2) is 7.53. The summed E-state index contributed by atoms with van der Waals surface area (Å²) in [5, 5.41) is 1.14. The summed E-state index contributed by atoms with van der Waals surface area (Å²) < 4.78 is 1.64. The molecule has 0 fully saturated rings. The van der Waals surface area contributed by atoms with Gasteiger partial charge in [0.05, 0.1) is 23.2 Å². The Balaban J connectivity index is 2.04. The van der Waals surface area contributed by atoms with Gasteiger partial charge in [-0.3, -0.25) is 14.2 Å². The third-order valence-electron chi connectivity index (χ3n) is 3.83. The first kappa shape index (κ1) is 17.2. The Bertz CT molecular complexity index is 952. The Kier molecular flexibility index (Phi) is 5.19. The third-order valence-corrected chi connectivity index (χ3v) is 4.79. The Morgan fingerprint density at radius 1 is 1.08 bits per heavy atom. The molecule has 0 N–H and O–H groups in total. The van der Waals surface area contributed by atoms with E-state index >= 15 is 0 Å².